The number of para-hydroxylation sites is 1. The normalized spacial score (nSPS) is 11.6. The van der Waals surface area contributed by atoms with Crippen molar-refractivity contribution in [1.29, 1.82) is 0 Å². The van der Waals surface area contributed by atoms with Crippen LogP contribution in [0.1, 0.15) is 27.2 Å². The van der Waals surface area contributed by atoms with E-state index in [9.17, 15) is 0 Å². The van der Waals surface area contributed by atoms with Crippen LogP contribution in [0.2, 0.25) is 0 Å². The average Bonchev–Trinajstić information content (AvgIpc) is 2.44. The number of hydrogen-bond donors (Lipinski definition) is 2. The van der Waals surface area contributed by atoms with Crippen LogP contribution < -0.4 is 15.5 Å². The first-order valence-corrected chi connectivity index (χ1v) is 7.44. The highest BCUT2D eigenvalue weighted by Crippen LogP contribution is 2.10. The highest BCUT2D eigenvalue weighted by Gasteiger charge is 2.01. The molecule has 4 heteroatoms. The van der Waals surface area contributed by atoms with Crippen LogP contribution in [-0.4, -0.2) is 38.7 Å². The Bertz CT molecular complexity index is 387. The van der Waals surface area contributed by atoms with Crippen molar-refractivity contribution in [3.05, 3.63) is 30.3 Å². The molecule has 0 aromatic heterocycles. The van der Waals surface area contributed by atoms with Gasteiger partial charge in [-0.05, 0) is 39.3 Å². The molecule has 0 unspecified atom stereocenters. The molecular formula is C16H28N4. The minimum Gasteiger partial charge on any atom is -0.375 e. The fourth-order valence-electron chi connectivity index (χ4n) is 1.90. The third-order valence-electron chi connectivity index (χ3n) is 2.89. The monoisotopic (exact) mass is 276 g/mol. The summed E-state index contributed by atoms with van der Waals surface area (Å²) in [6, 6.07) is 10.8. The molecule has 0 atom stereocenters. The Hall–Kier alpha value is -1.71. The first-order valence-electron chi connectivity index (χ1n) is 7.44. The summed E-state index contributed by atoms with van der Waals surface area (Å²) in [7, 11) is 2.12. The van der Waals surface area contributed by atoms with E-state index in [2.05, 4.69) is 72.6 Å². The number of nitrogens with zero attached hydrogens (tertiary/aromatic N) is 2. The average molecular weight is 276 g/mol. The topological polar surface area (TPSA) is 39.7 Å². The Balaban J connectivity index is 2.35. The van der Waals surface area contributed by atoms with Crippen LogP contribution in [0.5, 0.6) is 0 Å². The largest absolute Gasteiger partial charge is 0.375 e. The summed E-state index contributed by atoms with van der Waals surface area (Å²) in [5.41, 5.74) is 1.25. The van der Waals surface area contributed by atoms with Crippen LogP contribution in [0.4, 0.5) is 5.69 Å². The standard InChI is InChI=1S/C16H28N4/c1-5-17-16(19-14(2)3)18-12-9-13-20(4)15-10-7-6-8-11-15/h6-8,10-11,14H,5,9,12-13H2,1-4H3,(H2,17,18,19). The van der Waals surface area contributed by atoms with Crippen LogP contribution in [0.25, 0.3) is 0 Å². The van der Waals surface area contributed by atoms with Crippen molar-refractivity contribution in [1.82, 2.24) is 10.6 Å². The molecule has 1 rings (SSSR count). The molecule has 0 aliphatic heterocycles. The number of rotatable bonds is 7. The molecule has 1 aromatic carbocycles. The highest BCUT2D eigenvalue weighted by molar-refractivity contribution is 5.79. The van der Waals surface area contributed by atoms with Gasteiger partial charge in [0.25, 0.3) is 0 Å². The van der Waals surface area contributed by atoms with Crippen molar-refractivity contribution in [2.45, 2.75) is 33.2 Å². The van der Waals surface area contributed by atoms with Gasteiger partial charge in [-0.2, -0.15) is 0 Å². The smallest absolute Gasteiger partial charge is 0.191 e. The van der Waals surface area contributed by atoms with Crippen LogP contribution in [-0.2, 0) is 0 Å². The number of nitrogens with one attached hydrogen (secondary N) is 2. The predicted molar refractivity (Wildman–Crippen MR) is 88.6 cm³/mol. The fourth-order valence-corrected chi connectivity index (χ4v) is 1.90. The molecule has 0 spiro atoms. The first kappa shape index (κ1) is 16.3. The van der Waals surface area contributed by atoms with E-state index in [1.165, 1.54) is 5.69 Å². The lowest BCUT2D eigenvalue weighted by Crippen LogP contribution is -2.41. The van der Waals surface area contributed by atoms with Gasteiger partial charge in [0.2, 0.25) is 0 Å². The molecule has 0 saturated heterocycles. The molecule has 4 nitrogen and oxygen atoms in total. The summed E-state index contributed by atoms with van der Waals surface area (Å²) in [4.78, 5) is 6.85. The van der Waals surface area contributed by atoms with E-state index in [1.54, 1.807) is 0 Å². The Morgan fingerprint density at radius 1 is 1.25 bits per heavy atom. The quantitative estimate of drug-likeness (QED) is 0.456. The van der Waals surface area contributed by atoms with Crippen molar-refractivity contribution < 1.29 is 0 Å². The predicted octanol–water partition coefficient (Wildman–Crippen LogP) is 2.48. The third-order valence-corrected chi connectivity index (χ3v) is 2.89. The second kappa shape index (κ2) is 9.23. The summed E-state index contributed by atoms with van der Waals surface area (Å²) in [6.07, 6.45) is 1.04. The Morgan fingerprint density at radius 3 is 2.55 bits per heavy atom. The van der Waals surface area contributed by atoms with Gasteiger partial charge in [0.15, 0.2) is 5.96 Å². The minimum absolute atomic E-state index is 0.403. The summed E-state index contributed by atoms with van der Waals surface area (Å²) in [5.74, 6) is 0.907. The summed E-state index contributed by atoms with van der Waals surface area (Å²) in [6.45, 7) is 9.06. The van der Waals surface area contributed by atoms with E-state index in [1.807, 2.05) is 6.07 Å². The summed E-state index contributed by atoms with van der Waals surface area (Å²) in [5, 5.41) is 6.58. The van der Waals surface area contributed by atoms with E-state index in [4.69, 9.17) is 0 Å². The van der Waals surface area contributed by atoms with Gasteiger partial charge >= 0.3 is 0 Å². The van der Waals surface area contributed by atoms with Crippen molar-refractivity contribution in [2.75, 3.05) is 31.6 Å². The number of benzene rings is 1. The van der Waals surface area contributed by atoms with Crippen molar-refractivity contribution in [3.63, 3.8) is 0 Å². The molecule has 0 bridgehead atoms. The lowest BCUT2D eigenvalue weighted by Gasteiger charge is -2.19. The van der Waals surface area contributed by atoms with Gasteiger partial charge in [0.1, 0.15) is 0 Å². The van der Waals surface area contributed by atoms with Crippen LogP contribution >= 0.6 is 0 Å². The molecule has 0 aliphatic carbocycles. The number of aliphatic imine (C=N–C) groups is 1. The van der Waals surface area contributed by atoms with Crippen molar-refractivity contribution >= 4 is 11.6 Å². The van der Waals surface area contributed by atoms with Gasteiger partial charge in [0, 0.05) is 38.4 Å². The molecule has 0 saturated carbocycles. The minimum atomic E-state index is 0.403. The molecule has 1 aromatic rings. The second-order valence-electron chi connectivity index (χ2n) is 5.17. The van der Waals surface area contributed by atoms with Gasteiger partial charge in [-0.3, -0.25) is 4.99 Å². The molecule has 20 heavy (non-hydrogen) atoms. The Kier molecular flexibility index (Phi) is 7.55. The van der Waals surface area contributed by atoms with Crippen molar-refractivity contribution in [2.24, 2.45) is 4.99 Å². The zero-order valence-electron chi connectivity index (χ0n) is 13.2. The Labute approximate surface area is 123 Å². The van der Waals surface area contributed by atoms with Crippen LogP contribution in [0, 0.1) is 0 Å². The lowest BCUT2D eigenvalue weighted by atomic mass is 10.3. The van der Waals surface area contributed by atoms with E-state index >= 15 is 0 Å². The first-order chi connectivity index (χ1) is 9.63. The molecule has 0 radical (unpaired) electrons. The van der Waals surface area contributed by atoms with E-state index in [0.29, 0.717) is 6.04 Å². The summed E-state index contributed by atoms with van der Waals surface area (Å²) >= 11 is 0. The molecule has 112 valence electrons. The summed E-state index contributed by atoms with van der Waals surface area (Å²) < 4.78 is 0. The number of hydrogen-bond acceptors (Lipinski definition) is 2. The van der Waals surface area contributed by atoms with Crippen LogP contribution in [0.15, 0.2) is 35.3 Å². The SMILES string of the molecule is CCNC(=NCCCN(C)c1ccccc1)NC(C)C. The van der Waals surface area contributed by atoms with E-state index < -0.39 is 0 Å². The molecular weight excluding hydrogens is 248 g/mol. The lowest BCUT2D eigenvalue weighted by molar-refractivity contribution is 0.695. The maximum absolute atomic E-state index is 4.59. The molecule has 0 heterocycles. The van der Waals surface area contributed by atoms with Gasteiger partial charge < -0.3 is 15.5 Å². The van der Waals surface area contributed by atoms with Gasteiger partial charge in [-0.15, -0.1) is 0 Å². The van der Waals surface area contributed by atoms with Gasteiger partial charge in [-0.25, -0.2) is 0 Å². The maximum Gasteiger partial charge on any atom is 0.191 e. The third kappa shape index (κ3) is 6.45. The zero-order chi connectivity index (χ0) is 14.8. The second-order valence-corrected chi connectivity index (χ2v) is 5.17. The molecule has 0 amide bonds. The zero-order valence-corrected chi connectivity index (χ0v) is 13.2. The van der Waals surface area contributed by atoms with Gasteiger partial charge in [0.05, 0.1) is 0 Å². The Morgan fingerprint density at radius 2 is 1.95 bits per heavy atom. The maximum atomic E-state index is 4.59. The highest BCUT2D eigenvalue weighted by atomic mass is 15.2. The molecule has 0 aliphatic rings. The molecule has 0 fully saturated rings. The van der Waals surface area contributed by atoms with E-state index in [0.717, 1.165) is 32.0 Å². The fraction of sp³-hybridized carbons (Fsp3) is 0.562. The number of anilines is 1. The van der Waals surface area contributed by atoms with Crippen LogP contribution in [0.3, 0.4) is 0 Å². The van der Waals surface area contributed by atoms with E-state index in [-0.39, 0.29) is 0 Å². The molecule has 2 N–H and O–H groups in total. The van der Waals surface area contributed by atoms with Gasteiger partial charge in [-0.1, -0.05) is 18.2 Å². The number of guanidine groups is 1. The van der Waals surface area contributed by atoms with Crippen molar-refractivity contribution in [3.8, 4) is 0 Å².